The highest BCUT2D eigenvalue weighted by molar-refractivity contribution is 7.99. The standard InChI is InChI=1S/C19H26N5O6PS/c20-19-22-17-16(18(23-19)32-9-7-25)21-12-24(17)13-30-15(6-8-31(26,27)28)11-29-10-14-4-2-1-3-5-14/h1-5,12,15,25H,6-11,13H2,(H2,20,22,23)(H2,26,27,28)/t15-/m1/s1. The first-order valence-electron chi connectivity index (χ1n) is 9.85. The van der Waals surface area contributed by atoms with Crippen LogP contribution in [0.25, 0.3) is 11.2 Å². The van der Waals surface area contributed by atoms with E-state index in [1.54, 1.807) is 4.57 Å². The number of aliphatic hydroxyl groups excluding tert-OH is 1. The van der Waals surface area contributed by atoms with Crippen molar-refractivity contribution in [2.45, 2.75) is 30.9 Å². The minimum atomic E-state index is -4.17. The van der Waals surface area contributed by atoms with Crippen LogP contribution in [0.2, 0.25) is 0 Å². The van der Waals surface area contributed by atoms with Crippen molar-refractivity contribution in [3.05, 3.63) is 42.2 Å². The molecule has 0 unspecified atom stereocenters. The Balaban J connectivity index is 1.66. The van der Waals surface area contributed by atoms with Crippen molar-refractivity contribution in [2.24, 2.45) is 0 Å². The Morgan fingerprint density at radius 1 is 1.22 bits per heavy atom. The third-order valence-corrected chi connectivity index (χ3v) is 6.17. The number of nitrogens with two attached hydrogens (primary N) is 1. The maximum atomic E-state index is 11.3. The van der Waals surface area contributed by atoms with Gasteiger partial charge in [-0.05, 0) is 12.0 Å². The summed E-state index contributed by atoms with van der Waals surface area (Å²) >= 11 is 1.32. The van der Waals surface area contributed by atoms with E-state index in [4.69, 9.17) is 20.3 Å². The van der Waals surface area contributed by atoms with Crippen molar-refractivity contribution in [3.8, 4) is 0 Å². The first-order chi connectivity index (χ1) is 15.4. The van der Waals surface area contributed by atoms with Gasteiger partial charge in [-0.3, -0.25) is 9.13 Å². The predicted molar refractivity (Wildman–Crippen MR) is 120 cm³/mol. The topological polar surface area (TPSA) is 166 Å². The molecule has 0 saturated heterocycles. The lowest BCUT2D eigenvalue weighted by atomic mass is 10.2. The van der Waals surface area contributed by atoms with Gasteiger partial charge in [0.25, 0.3) is 0 Å². The number of thioether (sulfide) groups is 1. The molecule has 13 heteroatoms. The minimum absolute atomic E-state index is 0.00980. The second-order valence-corrected chi connectivity index (χ2v) is 9.80. The number of rotatable bonds is 13. The molecule has 2 heterocycles. The summed E-state index contributed by atoms with van der Waals surface area (Å²) in [4.78, 5) is 31.2. The van der Waals surface area contributed by atoms with Gasteiger partial charge in [0.2, 0.25) is 5.95 Å². The Morgan fingerprint density at radius 3 is 2.72 bits per heavy atom. The zero-order valence-electron chi connectivity index (χ0n) is 17.3. The average Bonchev–Trinajstić information content (AvgIpc) is 3.16. The molecule has 0 aliphatic heterocycles. The number of aromatic nitrogens is 4. The van der Waals surface area contributed by atoms with Gasteiger partial charge in [-0.2, -0.15) is 4.98 Å². The molecule has 174 valence electrons. The zero-order valence-corrected chi connectivity index (χ0v) is 19.0. The monoisotopic (exact) mass is 483 g/mol. The van der Waals surface area contributed by atoms with Crippen LogP contribution in [0.5, 0.6) is 0 Å². The molecule has 32 heavy (non-hydrogen) atoms. The summed E-state index contributed by atoms with van der Waals surface area (Å²) < 4.78 is 24.6. The summed E-state index contributed by atoms with van der Waals surface area (Å²) in [5.41, 5.74) is 7.80. The van der Waals surface area contributed by atoms with E-state index in [1.807, 2.05) is 30.3 Å². The summed E-state index contributed by atoms with van der Waals surface area (Å²) in [5, 5.41) is 9.62. The Morgan fingerprint density at radius 2 is 2.00 bits per heavy atom. The molecular formula is C19H26N5O6PS. The number of hydrogen-bond acceptors (Lipinski definition) is 9. The van der Waals surface area contributed by atoms with Gasteiger partial charge in [0.15, 0.2) is 5.65 Å². The van der Waals surface area contributed by atoms with E-state index < -0.39 is 13.7 Å². The summed E-state index contributed by atoms with van der Waals surface area (Å²) in [6, 6.07) is 9.59. The summed E-state index contributed by atoms with van der Waals surface area (Å²) in [7, 11) is -4.17. The zero-order chi connectivity index (χ0) is 23.0. The largest absolute Gasteiger partial charge is 0.396 e. The number of ether oxygens (including phenoxy) is 2. The highest BCUT2D eigenvalue weighted by Crippen LogP contribution is 2.35. The van der Waals surface area contributed by atoms with E-state index in [0.717, 1.165) is 5.56 Å². The summed E-state index contributed by atoms with van der Waals surface area (Å²) in [6.45, 7) is 0.553. The fourth-order valence-corrected chi connectivity index (χ4v) is 4.21. The normalized spacial score (nSPS) is 13.0. The smallest absolute Gasteiger partial charge is 0.325 e. The van der Waals surface area contributed by atoms with Gasteiger partial charge >= 0.3 is 7.60 Å². The minimum Gasteiger partial charge on any atom is -0.396 e. The molecule has 0 aliphatic rings. The Labute approximate surface area is 189 Å². The second kappa shape index (κ2) is 11.7. The summed E-state index contributed by atoms with van der Waals surface area (Å²) in [5.74, 6) is 0.516. The average molecular weight is 483 g/mol. The number of fused-ring (bicyclic) bond motifs is 1. The van der Waals surface area contributed by atoms with Crippen molar-refractivity contribution in [3.63, 3.8) is 0 Å². The third-order valence-electron chi connectivity index (χ3n) is 4.39. The fraction of sp³-hybridized carbons (Fsp3) is 0.421. The van der Waals surface area contributed by atoms with Crippen LogP contribution in [0.15, 0.2) is 41.7 Å². The molecule has 3 aromatic rings. The predicted octanol–water partition coefficient (Wildman–Crippen LogP) is 1.62. The molecule has 0 fully saturated rings. The number of nitrogens with zero attached hydrogens (tertiary/aromatic N) is 4. The van der Waals surface area contributed by atoms with Crippen LogP contribution in [-0.2, 0) is 27.4 Å². The van der Waals surface area contributed by atoms with E-state index in [9.17, 15) is 14.4 Å². The van der Waals surface area contributed by atoms with Crippen LogP contribution in [0.3, 0.4) is 0 Å². The van der Waals surface area contributed by atoms with Crippen LogP contribution >= 0.6 is 19.4 Å². The number of imidazole rings is 1. The Kier molecular flexibility index (Phi) is 9.00. The highest BCUT2D eigenvalue weighted by Gasteiger charge is 2.20. The quantitative estimate of drug-likeness (QED) is 0.158. The lowest BCUT2D eigenvalue weighted by molar-refractivity contribution is -0.0491. The molecule has 5 N–H and O–H groups in total. The van der Waals surface area contributed by atoms with Crippen LogP contribution in [0.1, 0.15) is 12.0 Å². The molecule has 11 nitrogen and oxygen atoms in total. The van der Waals surface area contributed by atoms with Crippen LogP contribution in [0, 0.1) is 0 Å². The van der Waals surface area contributed by atoms with E-state index in [-0.39, 0.29) is 38.5 Å². The van der Waals surface area contributed by atoms with Gasteiger partial charge in [0, 0.05) is 5.75 Å². The third kappa shape index (κ3) is 7.52. The second-order valence-electron chi connectivity index (χ2n) is 6.94. The molecule has 0 amide bonds. The molecule has 0 spiro atoms. The lowest BCUT2D eigenvalue weighted by Crippen LogP contribution is -2.23. The van der Waals surface area contributed by atoms with Crippen LogP contribution in [-0.4, -0.2) is 65.6 Å². The van der Waals surface area contributed by atoms with E-state index >= 15 is 0 Å². The number of nitrogen functional groups attached to an aromatic ring is 1. The molecular weight excluding hydrogens is 457 g/mol. The SMILES string of the molecule is Nc1nc(SCCO)c2ncn(CO[C@H](CCP(=O)(O)O)COCc3ccccc3)c2n1. The first kappa shape index (κ1) is 24.6. The molecule has 2 aromatic heterocycles. The van der Waals surface area contributed by atoms with Crippen molar-refractivity contribution < 1.29 is 28.9 Å². The van der Waals surface area contributed by atoms with Crippen LogP contribution < -0.4 is 5.73 Å². The molecule has 3 rings (SSSR count). The maximum absolute atomic E-state index is 11.3. The fourth-order valence-electron chi connectivity index (χ4n) is 2.87. The Hall–Kier alpha value is -2.05. The molecule has 0 saturated carbocycles. The first-order valence-corrected chi connectivity index (χ1v) is 12.6. The van der Waals surface area contributed by atoms with Gasteiger partial charge in [0.1, 0.15) is 17.3 Å². The summed E-state index contributed by atoms with van der Waals surface area (Å²) in [6.07, 6.45) is 0.799. The van der Waals surface area contributed by atoms with Crippen molar-refractivity contribution in [1.82, 2.24) is 19.5 Å². The van der Waals surface area contributed by atoms with Crippen molar-refractivity contribution in [1.29, 1.82) is 0 Å². The lowest BCUT2D eigenvalue weighted by Gasteiger charge is -2.19. The van der Waals surface area contributed by atoms with Crippen molar-refractivity contribution in [2.75, 3.05) is 30.9 Å². The number of benzene rings is 1. The van der Waals surface area contributed by atoms with Gasteiger partial charge in [-0.1, -0.05) is 30.3 Å². The van der Waals surface area contributed by atoms with Gasteiger partial charge < -0.3 is 30.1 Å². The maximum Gasteiger partial charge on any atom is 0.325 e. The van der Waals surface area contributed by atoms with Gasteiger partial charge in [0.05, 0.1) is 38.4 Å². The highest BCUT2D eigenvalue weighted by atomic mass is 32.2. The van der Waals surface area contributed by atoms with Gasteiger partial charge in [-0.25, -0.2) is 9.97 Å². The van der Waals surface area contributed by atoms with Gasteiger partial charge in [-0.15, -0.1) is 11.8 Å². The van der Waals surface area contributed by atoms with E-state index in [1.165, 1.54) is 18.1 Å². The van der Waals surface area contributed by atoms with Crippen LogP contribution in [0.4, 0.5) is 5.95 Å². The van der Waals surface area contributed by atoms with Crippen molar-refractivity contribution >= 4 is 36.5 Å². The number of aliphatic hydroxyl groups is 1. The van der Waals surface area contributed by atoms with E-state index in [0.29, 0.717) is 28.5 Å². The molecule has 0 radical (unpaired) electrons. The van der Waals surface area contributed by atoms with E-state index in [2.05, 4.69) is 15.0 Å². The molecule has 0 aliphatic carbocycles. The number of hydrogen-bond donors (Lipinski definition) is 4. The molecule has 1 aromatic carbocycles. The number of anilines is 1. The Bertz CT molecular complexity index is 1050. The molecule has 0 bridgehead atoms. The molecule has 1 atom stereocenters.